The van der Waals surface area contributed by atoms with Crippen LogP contribution in [-0.4, -0.2) is 25.5 Å². The Bertz CT molecular complexity index is 134. The Hall–Kier alpha value is -0.485. The van der Waals surface area contributed by atoms with Crippen LogP contribution in [0.15, 0.2) is 12.7 Å². The van der Waals surface area contributed by atoms with E-state index in [-0.39, 0.29) is 13.8 Å². The zero-order valence-electron chi connectivity index (χ0n) is 9.02. The average Bonchev–Trinajstić information content (AvgIpc) is 2.18. The van der Waals surface area contributed by atoms with Crippen molar-refractivity contribution >= 4 is 7.69 Å². The zero-order chi connectivity index (χ0) is 12.2. The molecular formula is C9H18BF3O2. The highest BCUT2D eigenvalue weighted by Gasteiger charge is 2.19. The first-order valence-corrected chi connectivity index (χ1v) is 4.86. The van der Waals surface area contributed by atoms with E-state index >= 15 is 0 Å². The van der Waals surface area contributed by atoms with Gasteiger partial charge in [-0.3, -0.25) is 0 Å². The van der Waals surface area contributed by atoms with Crippen LogP contribution in [0.1, 0.15) is 32.6 Å². The Morgan fingerprint density at radius 2 is 1.87 bits per heavy atom. The van der Waals surface area contributed by atoms with Gasteiger partial charge in [-0.2, -0.15) is 13.2 Å². The summed E-state index contributed by atoms with van der Waals surface area (Å²) >= 11 is 0. The molecule has 0 rings (SSSR count). The summed E-state index contributed by atoms with van der Waals surface area (Å²) in [5, 5.41) is 8.20. The zero-order valence-corrected chi connectivity index (χ0v) is 9.02. The van der Waals surface area contributed by atoms with E-state index in [1.807, 2.05) is 0 Å². The first-order valence-electron chi connectivity index (χ1n) is 4.86. The molecule has 15 heavy (non-hydrogen) atoms. The van der Waals surface area contributed by atoms with Gasteiger partial charge in [0.1, 0.15) is 0 Å². The van der Waals surface area contributed by atoms with E-state index in [1.165, 1.54) is 19.3 Å². The maximum atomic E-state index is 10.7. The molecule has 0 amide bonds. The van der Waals surface area contributed by atoms with Crippen molar-refractivity contribution in [3.63, 3.8) is 0 Å². The van der Waals surface area contributed by atoms with Gasteiger partial charge in [0.25, 0.3) is 0 Å². The van der Waals surface area contributed by atoms with Crippen LogP contribution in [0.4, 0.5) is 13.2 Å². The number of rotatable bonds is 6. The Balaban J connectivity index is 0. The highest BCUT2D eigenvalue weighted by molar-refractivity contribution is 6.15. The molecule has 0 fully saturated rings. The highest BCUT2D eigenvalue weighted by atomic mass is 19.4. The van der Waals surface area contributed by atoms with Gasteiger partial charge in [0.2, 0.25) is 0 Å². The van der Waals surface area contributed by atoms with Crippen molar-refractivity contribution in [2.75, 3.05) is 6.61 Å². The molecule has 0 bridgehead atoms. The molecule has 0 aromatic carbocycles. The fourth-order valence-electron chi connectivity index (χ4n) is 0.695. The second-order valence-electron chi connectivity index (χ2n) is 2.84. The molecule has 0 aliphatic heterocycles. The maximum Gasteiger partial charge on any atom is 0.435 e. The fourth-order valence-corrected chi connectivity index (χ4v) is 0.695. The number of unbranched alkanes of at least 4 members (excludes halogenated alkanes) is 3. The van der Waals surface area contributed by atoms with E-state index in [4.69, 9.17) is 9.68 Å². The molecule has 0 atom stereocenters. The molecule has 0 spiro atoms. The van der Waals surface area contributed by atoms with Crippen LogP contribution in [0.5, 0.6) is 0 Å². The molecular weight excluding hydrogens is 208 g/mol. The summed E-state index contributed by atoms with van der Waals surface area (Å²) in [6, 6.07) is 0. The van der Waals surface area contributed by atoms with E-state index < -0.39 is 6.18 Å². The third kappa shape index (κ3) is 24.7. The van der Waals surface area contributed by atoms with Crippen LogP contribution < -0.4 is 0 Å². The summed E-state index contributed by atoms with van der Waals surface area (Å²) in [5.41, 5.74) is 0. The first kappa shape index (κ1) is 16.9. The van der Waals surface area contributed by atoms with Crippen LogP contribution in [0.25, 0.3) is 0 Å². The van der Waals surface area contributed by atoms with Crippen molar-refractivity contribution in [3.05, 3.63) is 12.7 Å². The van der Waals surface area contributed by atoms with Gasteiger partial charge >= 0.3 is 13.9 Å². The molecule has 0 aromatic rings. The lowest BCUT2D eigenvalue weighted by Crippen LogP contribution is -1.98. The molecule has 90 valence electrons. The summed E-state index contributed by atoms with van der Waals surface area (Å²) in [4.78, 5) is 0. The fraction of sp³-hybridized carbons (Fsp3) is 0.778. The minimum Gasteiger partial charge on any atom is -0.430 e. The van der Waals surface area contributed by atoms with Crippen molar-refractivity contribution < 1.29 is 22.8 Å². The number of halogens is 3. The second kappa shape index (κ2) is 11.6. The van der Waals surface area contributed by atoms with Gasteiger partial charge in [-0.15, -0.1) is 0 Å². The van der Waals surface area contributed by atoms with E-state index in [9.17, 15) is 13.2 Å². The van der Waals surface area contributed by atoms with Gasteiger partial charge in [-0.25, -0.2) is 0 Å². The normalized spacial score (nSPS) is 10.2. The van der Waals surface area contributed by atoms with Crippen molar-refractivity contribution in [2.45, 2.75) is 38.8 Å². The second-order valence-corrected chi connectivity index (χ2v) is 2.84. The Kier molecular flexibility index (Phi) is 13.1. The van der Waals surface area contributed by atoms with Gasteiger partial charge in [-0.05, 0) is 6.42 Å². The third-order valence-electron chi connectivity index (χ3n) is 1.46. The standard InChI is InChI=1S/C6H15BO2.C3H3F3/c1-2-3-4-5-6-9-7-8;1-2-3(4,5)6/h7-8H,2-6H2,1H3;2H,1H2. The van der Waals surface area contributed by atoms with Crippen LogP contribution >= 0.6 is 0 Å². The lowest BCUT2D eigenvalue weighted by atomic mass is 10.2. The van der Waals surface area contributed by atoms with E-state index in [1.54, 1.807) is 0 Å². The van der Waals surface area contributed by atoms with Gasteiger partial charge in [-0.1, -0.05) is 32.8 Å². The largest absolute Gasteiger partial charge is 0.435 e. The Morgan fingerprint density at radius 3 is 2.20 bits per heavy atom. The summed E-state index contributed by atoms with van der Waals surface area (Å²) in [6.45, 7) is 5.39. The third-order valence-corrected chi connectivity index (χ3v) is 1.46. The van der Waals surface area contributed by atoms with Crippen molar-refractivity contribution in [1.82, 2.24) is 0 Å². The van der Waals surface area contributed by atoms with E-state index in [0.29, 0.717) is 6.61 Å². The molecule has 0 aromatic heterocycles. The number of allylic oxidation sites excluding steroid dienone is 1. The molecule has 2 nitrogen and oxygen atoms in total. The minimum atomic E-state index is -4.19. The molecule has 1 N–H and O–H groups in total. The molecule has 6 heteroatoms. The predicted molar refractivity (Wildman–Crippen MR) is 55.7 cm³/mol. The topological polar surface area (TPSA) is 29.5 Å². The van der Waals surface area contributed by atoms with Gasteiger partial charge in [0.05, 0.1) is 0 Å². The van der Waals surface area contributed by atoms with Gasteiger partial charge < -0.3 is 9.68 Å². The lowest BCUT2D eigenvalue weighted by molar-refractivity contribution is -0.0795. The number of hydrogen-bond acceptors (Lipinski definition) is 2. The highest BCUT2D eigenvalue weighted by Crippen LogP contribution is 2.13. The number of hydrogen-bond donors (Lipinski definition) is 1. The quantitative estimate of drug-likeness (QED) is 0.428. The van der Waals surface area contributed by atoms with Crippen LogP contribution in [0, 0.1) is 0 Å². The molecule has 0 unspecified atom stereocenters. The predicted octanol–water partition coefficient (Wildman–Crippen LogP) is 2.58. The minimum absolute atomic E-state index is 0.0625. The van der Waals surface area contributed by atoms with E-state index in [0.717, 1.165) is 6.42 Å². The van der Waals surface area contributed by atoms with Gasteiger partial charge in [0, 0.05) is 12.7 Å². The smallest absolute Gasteiger partial charge is 0.430 e. The first-order chi connectivity index (χ1) is 6.97. The van der Waals surface area contributed by atoms with Crippen molar-refractivity contribution in [2.24, 2.45) is 0 Å². The van der Waals surface area contributed by atoms with Crippen LogP contribution in [0.2, 0.25) is 0 Å². The molecule has 0 saturated heterocycles. The molecule has 0 heterocycles. The summed E-state index contributed by atoms with van der Waals surface area (Å²) < 4.78 is 36.7. The average molecular weight is 226 g/mol. The molecule has 0 saturated carbocycles. The molecule has 0 radical (unpaired) electrons. The van der Waals surface area contributed by atoms with Gasteiger partial charge in [0.15, 0.2) is 0 Å². The maximum absolute atomic E-state index is 10.7. The molecule has 0 aliphatic carbocycles. The number of alkyl halides is 3. The Morgan fingerprint density at radius 1 is 1.33 bits per heavy atom. The van der Waals surface area contributed by atoms with E-state index in [2.05, 4.69) is 13.5 Å². The summed E-state index contributed by atoms with van der Waals surface area (Å²) in [5.74, 6) is 0. The van der Waals surface area contributed by atoms with Crippen LogP contribution in [0.3, 0.4) is 0 Å². The summed E-state index contributed by atoms with van der Waals surface area (Å²) in [6.07, 6.45) is 0.561. The Labute approximate surface area is 89.4 Å². The summed E-state index contributed by atoms with van der Waals surface area (Å²) in [7, 11) is -0.133. The van der Waals surface area contributed by atoms with Crippen molar-refractivity contribution in [1.29, 1.82) is 0 Å². The van der Waals surface area contributed by atoms with Crippen LogP contribution in [-0.2, 0) is 4.65 Å². The van der Waals surface area contributed by atoms with Crippen molar-refractivity contribution in [3.8, 4) is 0 Å². The monoisotopic (exact) mass is 226 g/mol. The SMILES string of the molecule is C=CC(F)(F)F.CCCCCCOBO. The lowest BCUT2D eigenvalue weighted by Gasteiger charge is -1.97. The molecule has 0 aliphatic rings.